The zero-order valence-electron chi connectivity index (χ0n) is 8.97. The summed E-state index contributed by atoms with van der Waals surface area (Å²) in [6.45, 7) is 9.12. The molecule has 0 unspecified atom stereocenters. The largest absolute Gasteiger partial charge is 0.370 e. The second-order valence-electron chi connectivity index (χ2n) is 4.95. The number of hydrogen-bond acceptors (Lipinski definition) is 1. The Hall–Kier alpha value is -0.500. The van der Waals surface area contributed by atoms with E-state index in [2.05, 4.69) is 59.8 Å². The van der Waals surface area contributed by atoms with Gasteiger partial charge in [0.25, 0.3) is 0 Å². The molecule has 0 bridgehead atoms. The average Bonchev–Trinajstić information content (AvgIpc) is 2.06. The van der Waals surface area contributed by atoms with E-state index in [1.54, 1.807) is 0 Å². The standard InChI is InChI=1S/C12H16BrN/c1-9-6-10(4-5-11(9)13)14-7-12(2,3)8-14/h4-6H,7-8H2,1-3H3. The highest BCUT2D eigenvalue weighted by atomic mass is 79.9. The average molecular weight is 254 g/mol. The normalized spacial score (nSPS) is 19.3. The van der Waals surface area contributed by atoms with Gasteiger partial charge in [-0.2, -0.15) is 0 Å². The van der Waals surface area contributed by atoms with Crippen molar-refractivity contribution < 1.29 is 0 Å². The highest BCUT2D eigenvalue weighted by molar-refractivity contribution is 9.10. The fraction of sp³-hybridized carbons (Fsp3) is 0.500. The first-order valence-corrected chi connectivity index (χ1v) is 5.78. The van der Waals surface area contributed by atoms with Gasteiger partial charge >= 0.3 is 0 Å². The molecule has 0 radical (unpaired) electrons. The Morgan fingerprint density at radius 2 is 1.93 bits per heavy atom. The van der Waals surface area contributed by atoms with Gasteiger partial charge < -0.3 is 4.90 Å². The molecule has 1 heterocycles. The summed E-state index contributed by atoms with van der Waals surface area (Å²) in [5, 5.41) is 0. The van der Waals surface area contributed by atoms with Crippen LogP contribution < -0.4 is 4.90 Å². The van der Waals surface area contributed by atoms with Crippen LogP contribution in [-0.4, -0.2) is 13.1 Å². The predicted molar refractivity (Wildman–Crippen MR) is 64.9 cm³/mol. The molecule has 1 saturated heterocycles. The Morgan fingerprint density at radius 1 is 1.29 bits per heavy atom. The molecule has 1 aliphatic rings. The van der Waals surface area contributed by atoms with Crippen molar-refractivity contribution in [3.05, 3.63) is 28.2 Å². The molecule has 0 N–H and O–H groups in total. The molecule has 2 rings (SSSR count). The highest BCUT2D eigenvalue weighted by Crippen LogP contribution is 2.34. The monoisotopic (exact) mass is 253 g/mol. The van der Waals surface area contributed by atoms with Gasteiger partial charge in [0.15, 0.2) is 0 Å². The number of benzene rings is 1. The molecule has 76 valence electrons. The van der Waals surface area contributed by atoms with E-state index >= 15 is 0 Å². The molecule has 2 heteroatoms. The zero-order chi connectivity index (χ0) is 10.3. The third kappa shape index (κ3) is 1.81. The van der Waals surface area contributed by atoms with Gasteiger partial charge in [-0.25, -0.2) is 0 Å². The zero-order valence-corrected chi connectivity index (χ0v) is 10.6. The Bertz CT molecular complexity index is 349. The van der Waals surface area contributed by atoms with Crippen molar-refractivity contribution in [1.29, 1.82) is 0 Å². The van der Waals surface area contributed by atoms with Gasteiger partial charge in [-0.05, 0) is 36.1 Å². The lowest BCUT2D eigenvalue weighted by atomic mass is 9.84. The first-order chi connectivity index (χ1) is 6.48. The number of aryl methyl sites for hydroxylation is 1. The van der Waals surface area contributed by atoms with Gasteiger partial charge in [-0.15, -0.1) is 0 Å². The van der Waals surface area contributed by atoms with Crippen molar-refractivity contribution in [2.45, 2.75) is 20.8 Å². The number of hydrogen-bond donors (Lipinski definition) is 0. The molecule has 1 aromatic rings. The molecule has 0 amide bonds. The maximum atomic E-state index is 3.52. The number of rotatable bonds is 1. The summed E-state index contributed by atoms with van der Waals surface area (Å²) in [6, 6.07) is 6.57. The lowest BCUT2D eigenvalue weighted by Crippen LogP contribution is -2.53. The van der Waals surface area contributed by atoms with Crippen LogP contribution in [0.1, 0.15) is 19.4 Å². The van der Waals surface area contributed by atoms with E-state index in [0.717, 1.165) is 0 Å². The SMILES string of the molecule is Cc1cc(N2CC(C)(C)C2)ccc1Br. The number of nitrogens with zero attached hydrogens (tertiary/aromatic N) is 1. The molecule has 0 saturated carbocycles. The van der Waals surface area contributed by atoms with Crippen molar-refractivity contribution in [2.75, 3.05) is 18.0 Å². The Morgan fingerprint density at radius 3 is 2.43 bits per heavy atom. The molecule has 1 aliphatic heterocycles. The fourth-order valence-corrected chi connectivity index (χ4v) is 2.24. The lowest BCUT2D eigenvalue weighted by Gasteiger charge is -2.47. The minimum atomic E-state index is 0.501. The van der Waals surface area contributed by atoms with Gasteiger partial charge in [0, 0.05) is 23.2 Å². The van der Waals surface area contributed by atoms with E-state index in [-0.39, 0.29) is 0 Å². The van der Waals surface area contributed by atoms with E-state index in [4.69, 9.17) is 0 Å². The molecular weight excluding hydrogens is 238 g/mol. The topological polar surface area (TPSA) is 3.24 Å². The number of halogens is 1. The van der Waals surface area contributed by atoms with Crippen molar-refractivity contribution in [2.24, 2.45) is 5.41 Å². The summed E-state index contributed by atoms with van der Waals surface area (Å²) < 4.78 is 1.20. The van der Waals surface area contributed by atoms with E-state index in [1.807, 2.05) is 0 Å². The Balaban J connectivity index is 2.16. The minimum absolute atomic E-state index is 0.501. The smallest absolute Gasteiger partial charge is 0.0370 e. The summed E-state index contributed by atoms with van der Waals surface area (Å²) in [6.07, 6.45) is 0. The second-order valence-corrected chi connectivity index (χ2v) is 5.81. The molecule has 1 fully saturated rings. The molecule has 0 aromatic heterocycles. The third-order valence-corrected chi connectivity index (χ3v) is 3.63. The molecule has 1 nitrogen and oxygen atoms in total. The first-order valence-electron chi connectivity index (χ1n) is 4.99. The molecule has 0 atom stereocenters. The van der Waals surface area contributed by atoms with Crippen molar-refractivity contribution in [1.82, 2.24) is 0 Å². The summed E-state index contributed by atoms with van der Waals surface area (Å²) in [5.41, 5.74) is 3.17. The quantitative estimate of drug-likeness (QED) is 0.740. The lowest BCUT2D eigenvalue weighted by molar-refractivity contribution is 0.276. The fourth-order valence-electron chi connectivity index (χ4n) is 2.00. The summed E-state index contributed by atoms with van der Waals surface area (Å²) in [4.78, 5) is 2.43. The van der Waals surface area contributed by atoms with Crippen LogP contribution in [0.4, 0.5) is 5.69 Å². The van der Waals surface area contributed by atoms with E-state index < -0.39 is 0 Å². The highest BCUT2D eigenvalue weighted by Gasteiger charge is 2.34. The van der Waals surface area contributed by atoms with Crippen molar-refractivity contribution in [3.8, 4) is 0 Å². The van der Waals surface area contributed by atoms with Gasteiger partial charge in [0.05, 0.1) is 0 Å². The summed E-state index contributed by atoms with van der Waals surface area (Å²) >= 11 is 3.52. The van der Waals surface area contributed by atoms with Crippen LogP contribution >= 0.6 is 15.9 Å². The van der Waals surface area contributed by atoms with Gasteiger partial charge in [0.2, 0.25) is 0 Å². The molecule has 0 spiro atoms. The van der Waals surface area contributed by atoms with E-state index in [0.29, 0.717) is 5.41 Å². The van der Waals surface area contributed by atoms with Crippen molar-refractivity contribution >= 4 is 21.6 Å². The predicted octanol–water partition coefficient (Wildman–Crippen LogP) is 3.60. The van der Waals surface area contributed by atoms with Crippen LogP contribution in [0.5, 0.6) is 0 Å². The summed E-state index contributed by atoms with van der Waals surface area (Å²) in [7, 11) is 0. The minimum Gasteiger partial charge on any atom is -0.370 e. The van der Waals surface area contributed by atoms with Crippen LogP contribution in [-0.2, 0) is 0 Å². The van der Waals surface area contributed by atoms with E-state index in [9.17, 15) is 0 Å². The van der Waals surface area contributed by atoms with Crippen LogP contribution in [0.3, 0.4) is 0 Å². The molecular formula is C12H16BrN. The maximum Gasteiger partial charge on any atom is 0.0370 e. The molecule has 14 heavy (non-hydrogen) atoms. The molecule has 1 aromatic carbocycles. The molecule has 0 aliphatic carbocycles. The first kappa shape index (κ1) is 10.0. The van der Waals surface area contributed by atoms with Crippen LogP contribution in [0, 0.1) is 12.3 Å². The number of anilines is 1. The van der Waals surface area contributed by atoms with Crippen LogP contribution in [0.25, 0.3) is 0 Å². The van der Waals surface area contributed by atoms with Gasteiger partial charge in [-0.1, -0.05) is 29.8 Å². The maximum absolute atomic E-state index is 3.52. The second kappa shape index (κ2) is 3.27. The van der Waals surface area contributed by atoms with Gasteiger partial charge in [-0.3, -0.25) is 0 Å². The Labute approximate surface area is 94.2 Å². The van der Waals surface area contributed by atoms with Crippen LogP contribution in [0.2, 0.25) is 0 Å². The third-order valence-electron chi connectivity index (χ3n) is 2.74. The summed E-state index contributed by atoms with van der Waals surface area (Å²) in [5.74, 6) is 0. The Kier molecular flexibility index (Phi) is 2.34. The van der Waals surface area contributed by atoms with Gasteiger partial charge in [0.1, 0.15) is 0 Å². The van der Waals surface area contributed by atoms with Crippen molar-refractivity contribution in [3.63, 3.8) is 0 Å². The van der Waals surface area contributed by atoms with Crippen LogP contribution in [0.15, 0.2) is 22.7 Å². The van der Waals surface area contributed by atoms with E-state index in [1.165, 1.54) is 28.8 Å².